The van der Waals surface area contributed by atoms with Gasteiger partial charge in [0.05, 0.1) is 12.3 Å². The Morgan fingerprint density at radius 2 is 2.00 bits per heavy atom. The molecule has 9 heteroatoms. The van der Waals surface area contributed by atoms with Crippen molar-refractivity contribution in [2.45, 2.75) is 20.3 Å². The van der Waals surface area contributed by atoms with Crippen molar-refractivity contribution >= 4 is 22.1 Å². The fraction of sp³-hybridized carbons (Fsp3) is 0.600. The molecule has 0 atom stereocenters. The minimum absolute atomic E-state index is 0.0275. The zero-order chi connectivity index (χ0) is 15.1. The molecule has 0 aromatic carbocycles. The minimum atomic E-state index is -4.04. The minimum Gasteiger partial charge on any atom is -0.335 e. The van der Waals surface area contributed by atoms with E-state index >= 15 is 0 Å². The van der Waals surface area contributed by atoms with E-state index in [9.17, 15) is 18.0 Å². The van der Waals surface area contributed by atoms with E-state index in [1.54, 1.807) is 6.92 Å². The second-order valence-electron chi connectivity index (χ2n) is 3.73. The van der Waals surface area contributed by atoms with Crippen molar-refractivity contribution in [2.75, 3.05) is 18.8 Å². The van der Waals surface area contributed by atoms with Gasteiger partial charge < -0.3 is 10.2 Å². The van der Waals surface area contributed by atoms with Crippen molar-refractivity contribution < 1.29 is 27.4 Å². The van der Waals surface area contributed by atoms with Crippen LogP contribution in [-0.2, 0) is 19.8 Å². The number of nitrogens with zero attached hydrogens (tertiary/aromatic N) is 1. The van der Waals surface area contributed by atoms with Crippen LogP contribution in [0.15, 0.2) is 12.2 Å². The smallest absolute Gasteiger partial charge is 0.335 e. The second kappa shape index (κ2) is 7.74. The maximum absolute atomic E-state index is 11.6. The van der Waals surface area contributed by atoms with Crippen LogP contribution in [0, 0.1) is 0 Å². The molecule has 8 nitrogen and oxygen atoms in total. The lowest BCUT2D eigenvalue weighted by atomic mass is 10.4. The molecule has 110 valence electrons. The first kappa shape index (κ1) is 17.4. The standard InChI is InChI=1S/C10H18N2O6S/c1-4-12(18-9(13)8(2)3)10(14)11-6-5-7-19(15,16)17/h2,4-7H2,1,3H3,(H,11,14)(H,15,16,17). The molecule has 2 N–H and O–H groups in total. The number of urea groups is 1. The molecule has 0 radical (unpaired) electrons. The highest BCUT2D eigenvalue weighted by molar-refractivity contribution is 7.85. The molecule has 0 unspecified atom stereocenters. The molecular weight excluding hydrogens is 276 g/mol. The lowest BCUT2D eigenvalue weighted by Crippen LogP contribution is -2.41. The number of carbonyl (C=O) groups excluding carboxylic acids is 2. The third kappa shape index (κ3) is 8.16. The normalized spacial score (nSPS) is 10.7. The van der Waals surface area contributed by atoms with Gasteiger partial charge in [-0.2, -0.15) is 13.5 Å². The first-order valence-corrected chi connectivity index (χ1v) is 7.16. The Bertz CT molecular complexity index is 445. The van der Waals surface area contributed by atoms with Crippen molar-refractivity contribution in [2.24, 2.45) is 0 Å². The predicted molar refractivity (Wildman–Crippen MR) is 67.7 cm³/mol. The van der Waals surface area contributed by atoms with Crippen LogP contribution < -0.4 is 5.32 Å². The maximum Gasteiger partial charge on any atom is 0.358 e. The molecule has 0 spiro atoms. The Labute approximate surface area is 112 Å². The van der Waals surface area contributed by atoms with Crippen LogP contribution >= 0.6 is 0 Å². The summed E-state index contributed by atoms with van der Waals surface area (Å²) in [5, 5.41) is 3.15. The number of carbonyl (C=O) groups is 2. The van der Waals surface area contributed by atoms with Crippen LogP contribution in [0.2, 0.25) is 0 Å². The SMILES string of the molecule is C=C(C)C(=O)ON(CC)C(=O)NCCCS(=O)(=O)O. The average molecular weight is 294 g/mol. The van der Waals surface area contributed by atoms with Crippen molar-refractivity contribution in [1.82, 2.24) is 10.4 Å². The Hall–Kier alpha value is -1.61. The topological polar surface area (TPSA) is 113 Å². The van der Waals surface area contributed by atoms with Gasteiger partial charge in [0, 0.05) is 12.1 Å². The molecular formula is C10H18N2O6S. The van der Waals surface area contributed by atoms with Gasteiger partial charge in [0.1, 0.15) is 0 Å². The number of hydrogen-bond donors (Lipinski definition) is 2. The molecule has 0 aromatic rings. The molecule has 0 rings (SSSR count). The number of hydrogen-bond acceptors (Lipinski definition) is 5. The Morgan fingerprint density at radius 1 is 1.42 bits per heavy atom. The fourth-order valence-electron chi connectivity index (χ4n) is 0.966. The van der Waals surface area contributed by atoms with Crippen LogP contribution in [0.4, 0.5) is 4.79 Å². The van der Waals surface area contributed by atoms with Gasteiger partial charge in [-0.3, -0.25) is 4.55 Å². The Kier molecular flexibility index (Phi) is 7.09. The Balaban J connectivity index is 4.16. The summed E-state index contributed by atoms with van der Waals surface area (Å²) in [4.78, 5) is 27.5. The first-order valence-electron chi connectivity index (χ1n) is 5.55. The lowest BCUT2D eigenvalue weighted by molar-refractivity contribution is -0.170. The van der Waals surface area contributed by atoms with E-state index in [1.165, 1.54) is 6.92 Å². The third-order valence-electron chi connectivity index (χ3n) is 1.91. The van der Waals surface area contributed by atoms with E-state index in [-0.39, 0.29) is 25.1 Å². The number of rotatable bonds is 6. The lowest BCUT2D eigenvalue weighted by Gasteiger charge is -2.19. The van der Waals surface area contributed by atoms with Crippen LogP contribution in [0.5, 0.6) is 0 Å². The summed E-state index contributed by atoms with van der Waals surface area (Å²) in [7, 11) is -4.04. The van der Waals surface area contributed by atoms with Crippen molar-refractivity contribution in [3.63, 3.8) is 0 Å². The largest absolute Gasteiger partial charge is 0.358 e. The molecule has 0 aliphatic carbocycles. The van der Waals surface area contributed by atoms with Gasteiger partial charge in [-0.05, 0) is 20.3 Å². The van der Waals surface area contributed by atoms with Gasteiger partial charge in [0.2, 0.25) is 0 Å². The monoisotopic (exact) mass is 294 g/mol. The molecule has 0 saturated carbocycles. The summed E-state index contributed by atoms with van der Waals surface area (Å²) in [6, 6.07) is -0.674. The molecule has 0 saturated heterocycles. The van der Waals surface area contributed by atoms with Crippen LogP contribution in [0.3, 0.4) is 0 Å². The van der Waals surface area contributed by atoms with Gasteiger partial charge in [0.25, 0.3) is 10.1 Å². The average Bonchev–Trinajstić information content (AvgIpc) is 2.29. The summed E-state index contributed by atoms with van der Waals surface area (Å²) in [6.07, 6.45) is 0.0521. The van der Waals surface area contributed by atoms with E-state index in [4.69, 9.17) is 9.39 Å². The zero-order valence-corrected chi connectivity index (χ0v) is 11.7. The van der Waals surface area contributed by atoms with Gasteiger partial charge in [-0.15, -0.1) is 0 Å². The van der Waals surface area contributed by atoms with Crippen molar-refractivity contribution in [1.29, 1.82) is 0 Å². The quantitative estimate of drug-likeness (QED) is 0.316. The Morgan fingerprint density at radius 3 is 2.42 bits per heavy atom. The van der Waals surface area contributed by atoms with Crippen LogP contribution in [0.1, 0.15) is 20.3 Å². The van der Waals surface area contributed by atoms with E-state index < -0.39 is 27.9 Å². The summed E-state index contributed by atoms with van der Waals surface area (Å²) in [5.74, 6) is -1.18. The summed E-state index contributed by atoms with van der Waals surface area (Å²) >= 11 is 0. The molecule has 19 heavy (non-hydrogen) atoms. The highest BCUT2D eigenvalue weighted by Gasteiger charge is 2.17. The van der Waals surface area contributed by atoms with E-state index in [0.29, 0.717) is 0 Å². The molecule has 0 fully saturated rings. The van der Waals surface area contributed by atoms with E-state index in [0.717, 1.165) is 5.06 Å². The van der Waals surface area contributed by atoms with Crippen molar-refractivity contribution in [3.8, 4) is 0 Å². The molecule has 2 amide bonds. The molecule has 0 bridgehead atoms. The summed E-state index contributed by atoms with van der Waals surface area (Å²) in [6.45, 7) is 6.58. The molecule has 0 heterocycles. The zero-order valence-electron chi connectivity index (χ0n) is 10.9. The van der Waals surface area contributed by atoms with Gasteiger partial charge in [0.15, 0.2) is 0 Å². The van der Waals surface area contributed by atoms with Crippen LogP contribution in [0.25, 0.3) is 0 Å². The first-order chi connectivity index (χ1) is 8.67. The van der Waals surface area contributed by atoms with Gasteiger partial charge in [-0.25, -0.2) is 9.59 Å². The summed E-state index contributed by atoms with van der Waals surface area (Å²) in [5.41, 5.74) is 0.151. The van der Waals surface area contributed by atoms with E-state index in [1.807, 2.05) is 0 Å². The number of nitrogens with one attached hydrogen (secondary N) is 1. The fourth-order valence-corrected chi connectivity index (χ4v) is 1.47. The maximum atomic E-state index is 11.6. The second-order valence-corrected chi connectivity index (χ2v) is 5.30. The third-order valence-corrected chi connectivity index (χ3v) is 2.72. The number of amides is 2. The highest BCUT2D eigenvalue weighted by atomic mass is 32.2. The molecule has 0 aliphatic heterocycles. The predicted octanol–water partition coefficient (Wildman–Crippen LogP) is 0.330. The highest BCUT2D eigenvalue weighted by Crippen LogP contribution is 1.98. The molecule has 0 aliphatic rings. The van der Waals surface area contributed by atoms with Gasteiger partial charge >= 0.3 is 12.0 Å². The van der Waals surface area contributed by atoms with Crippen molar-refractivity contribution in [3.05, 3.63) is 12.2 Å². The molecule has 0 aromatic heterocycles. The van der Waals surface area contributed by atoms with E-state index in [2.05, 4.69) is 11.9 Å². The number of hydroxylamine groups is 2. The van der Waals surface area contributed by atoms with Gasteiger partial charge in [-0.1, -0.05) is 6.58 Å². The summed E-state index contributed by atoms with van der Waals surface area (Å²) < 4.78 is 29.4. The van der Waals surface area contributed by atoms with Crippen LogP contribution in [-0.4, -0.2) is 48.9 Å².